The lowest BCUT2D eigenvalue weighted by atomic mass is 9.92. The van der Waals surface area contributed by atoms with Crippen LogP contribution in [0.2, 0.25) is 0 Å². The van der Waals surface area contributed by atoms with E-state index in [0.29, 0.717) is 11.3 Å². The molecule has 0 aliphatic carbocycles. The number of rotatable bonds is 5. The predicted molar refractivity (Wildman–Crippen MR) is 153 cm³/mol. The average molecular weight is 501 g/mol. The van der Waals surface area contributed by atoms with Crippen LogP contribution in [0.4, 0.5) is 11.4 Å². The molecule has 0 amide bonds. The Morgan fingerprint density at radius 2 is 1.45 bits per heavy atom. The maximum absolute atomic E-state index is 13.0. The minimum absolute atomic E-state index is 0.444. The molecule has 6 rings (SSSR count). The molecule has 0 saturated carbocycles. The summed E-state index contributed by atoms with van der Waals surface area (Å²) >= 11 is 0. The molecule has 4 aromatic carbocycles. The van der Waals surface area contributed by atoms with E-state index >= 15 is 0 Å². The highest BCUT2D eigenvalue weighted by molar-refractivity contribution is 6.19. The second-order valence-electron chi connectivity index (χ2n) is 9.50. The summed E-state index contributed by atoms with van der Waals surface area (Å²) in [6.45, 7) is 2.11. The van der Waals surface area contributed by atoms with Gasteiger partial charge in [-0.25, -0.2) is 4.79 Å². The zero-order valence-electron chi connectivity index (χ0n) is 21.6. The number of oxime groups is 1. The molecule has 1 aliphatic rings. The fourth-order valence-corrected chi connectivity index (χ4v) is 5.41. The van der Waals surface area contributed by atoms with Gasteiger partial charge in [-0.05, 0) is 31.2 Å². The van der Waals surface area contributed by atoms with Gasteiger partial charge in [0.25, 0.3) is 0 Å². The van der Waals surface area contributed by atoms with Crippen LogP contribution in [-0.2, 0) is 17.5 Å². The summed E-state index contributed by atoms with van der Waals surface area (Å²) in [5.74, 6) is -0.506. The number of hydrogen-bond donors (Lipinski definition) is 1. The summed E-state index contributed by atoms with van der Waals surface area (Å²) in [7, 11) is 4.11. The summed E-state index contributed by atoms with van der Waals surface area (Å²) in [5, 5.41) is 9.59. The normalized spacial score (nSPS) is 17.6. The molecule has 0 saturated heterocycles. The molecule has 1 aromatic heterocycles. The standard InChI is InChI=1S/C32H28N4O2/c1-22-29(25-18-10-12-20-27(25)35(22)2)33-32(24-16-8-5-9-17-24)30(26-19-11-13-21-28(26)36(32)3)34-38-31(37)23-14-6-4-7-15-23/h4-21,33H,1-3H3/b34-30+. The van der Waals surface area contributed by atoms with E-state index in [9.17, 15) is 4.79 Å². The van der Waals surface area contributed by atoms with E-state index in [2.05, 4.69) is 64.2 Å². The first-order chi connectivity index (χ1) is 18.5. The predicted octanol–water partition coefficient (Wildman–Crippen LogP) is 6.46. The van der Waals surface area contributed by atoms with Gasteiger partial charge in [0.15, 0.2) is 5.66 Å². The van der Waals surface area contributed by atoms with E-state index in [1.807, 2.05) is 73.8 Å². The van der Waals surface area contributed by atoms with Gasteiger partial charge in [0.1, 0.15) is 5.71 Å². The number of carbonyl (C=O) groups is 1. The summed E-state index contributed by atoms with van der Waals surface area (Å²) in [5.41, 5.74) is 6.17. The van der Waals surface area contributed by atoms with Crippen LogP contribution in [0.25, 0.3) is 10.9 Å². The van der Waals surface area contributed by atoms with Crippen LogP contribution >= 0.6 is 0 Å². The van der Waals surface area contributed by atoms with Crippen molar-refractivity contribution >= 4 is 34.0 Å². The Hall–Kier alpha value is -4.84. The van der Waals surface area contributed by atoms with Crippen LogP contribution in [0.5, 0.6) is 0 Å². The molecule has 0 bridgehead atoms. The maximum atomic E-state index is 13.0. The van der Waals surface area contributed by atoms with E-state index in [0.717, 1.165) is 39.1 Å². The number of likely N-dealkylation sites (N-methyl/N-ethyl adjacent to an activating group) is 1. The molecule has 0 fully saturated rings. The minimum atomic E-state index is -0.948. The van der Waals surface area contributed by atoms with E-state index in [4.69, 9.17) is 4.84 Å². The Morgan fingerprint density at radius 1 is 0.816 bits per heavy atom. The van der Waals surface area contributed by atoms with Crippen LogP contribution in [0, 0.1) is 6.92 Å². The monoisotopic (exact) mass is 500 g/mol. The molecule has 1 unspecified atom stereocenters. The quantitative estimate of drug-likeness (QED) is 0.222. The highest BCUT2D eigenvalue weighted by atomic mass is 16.7. The molecule has 0 radical (unpaired) electrons. The van der Waals surface area contributed by atoms with E-state index in [1.165, 1.54) is 0 Å². The second-order valence-corrected chi connectivity index (χ2v) is 9.50. The minimum Gasteiger partial charge on any atom is -0.352 e. The third-order valence-corrected chi connectivity index (χ3v) is 7.49. The van der Waals surface area contributed by atoms with Crippen LogP contribution in [-0.4, -0.2) is 23.3 Å². The first-order valence-electron chi connectivity index (χ1n) is 12.6. The third kappa shape index (κ3) is 3.57. The van der Waals surface area contributed by atoms with E-state index in [1.54, 1.807) is 12.1 Å². The zero-order chi connectivity index (χ0) is 26.3. The summed E-state index contributed by atoms with van der Waals surface area (Å²) < 4.78 is 2.19. The Balaban J connectivity index is 1.57. The lowest BCUT2D eigenvalue weighted by molar-refractivity contribution is 0.0514. The molecule has 1 N–H and O–H groups in total. The lowest BCUT2D eigenvalue weighted by Crippen LogP contribution is -2.52. The molecule has 6 nitrogen and oxygen atoms in total. The molecule has 6 heteroatoms. The number of anilines is 2. The maximum Gasteiger partial charge on any atom is 0.365 e. The largest absolute Gasteiger partial charge is 0.365 e. The van der Waals surface area contributed by atoms with Crippen LogP contribution in [0.15, 0.2) is 114 Å². The van der Waals surface area contributed by atoms with Crippen molar-refractivity contribution in [2.45, 2.75) is 12.6 Å². The first kappa shape index (κ1) is 23.6. The van der Waals surface area contributed by atoms with Crippen molar-refractivity contribution in [3.63, 3.8) is 0 Å². The van der Waals surface area contributed by atoms with Gasteiger partial charge in [-0.1, -0.05) is 90.1 Å². The summed E-state index contributed by atoms with van der Waals surface area (Å²) in [6, 6.07) is 35.5. The molecular formula is C32H28N4O2. The van der Waals surface area contributed by atoms with Gasteiger partial charge in [-0.3, -0.25) is 0 Å². The highest BCUT2D eigenvalue weighted by Crippen LogP contribution is 2.46. The average Bonchev–Trinajstić information content (AvgIpc) is 3.36. The fourth-order valence-electron chi connectivity index (χ4n) is 5.41. The molecule has 1 atom stereocenters. The highest BCUT2D eigenvalue weighted by Gasteiger charge is 2.50. The molecule has 2 heterocycles. The number of hydrogen-bond acceptors (Lipinski definition) is 5. The van der Waals surface area contributed by atoms with E-state index in [-0.39, 0.29) is 0 Å². The van der Waals surface area contributed by atoms with Gasteiger partial charge in [0.2, 0.25) is 0 Å². The number of aromatic nitrogens is 1. The van der Waals surface area contributed by atoms with Gasteiger partial charge >= 0.3 is 5.97 Å². The Kier molecular flexibility index (Phi) is 5.72. The number of carbonyl (C=O) groups excluding carboxylic acids is 1. The Bertz CT molecular complexity index is 1670. The number of para-hydroxylation sites is 2. The van der Waals surface area contributed by atoms with Gasteiger partial charge in [0.05, 0.1) is 16.8 Å². The molecule has 1 aliphatic heterocycles. The van der Waals surface area contributed by atoms with Crippen molar-refractivity contribution in [2.24, 2.45) is 12.2 Å². The number of benzene rings is 4. The van der Waals surface area contributed by atoms with Crippen LogP contribution in [0.3, 0.4) is 0 Å². The smallest absolute Gasteiger partial charge is 0.352 e. The molecular weight excluding hydrogens is 472 g/mol. The molecule has 188 valence electrons. The fraction of sp³-hybridized carbons (Fsp3) is 0.125. The molecule has 5 aromatic rings. The van der Waals surface area contributed by atoms with Crippen molar-refractivity contribution in [3.8, 4) is 0 Å². The number of fused-ring (bicyclic) bond motifs is 2. The topological polar surface area (TPSA) is 58.9 Å². The van der Waals surface area contributed by atoms with Crippen LogP contribution in [0.1, 0.15) is 27.2 Å². The molecule has 0 spiro atoms. The van der Waals surface area contributed by atoms with Crippen molar-refractivity contribution in [3.05, 3.63) is 132 Å². The summed E-state index contributed by atoms with van der Waals surface area (Å²) in [4.78, 5) is 20.8. The number of nitrogens with one attached hydrogen (secondary N) is 1. The third-order valence-electron chi connectivity index (χ3n) is 7.49. The van der Waals surface area contributed by atoms with Gasteiger partial charge in [-0.15, -0.1) is 0 Å². The Labute approximate surface area is 221 Å². The van der Waals surface area contributed by atoms with Crippen LogP contribution < -0.4 is 10.2 Å². The SMILES string of the molecule is Cc1c(NC2(c3ccccc3)/C(=N/OC(=O)c3ccccc3)c3ccccc3N2C)c2ccccc2n1C. The Morgan fingerprint density at radius 3 is 2.21 bits per heavy atom. The second kappa shape index (κ2) is 9.23. The van der Waals surface area contributed by atoms with E-state index < -0.39 is 11.6 Å². The van der Waals surface area contributed by atoms with Crippen molar-refractivity contribution < 1.29 is 9.63 Å². The van der Waals surface area contributed by atoms with Gasteiger partial charge < -0.3 is 19.6 Å². The number of aryl methyl sites for hydroxylation is 1. The summed E-state index contributed by atoms with van der Waals surface area (Å²) in [6.07, 6.45) is 0. The van der Waals surface area contributed by atoms with Gasteiger partial charge in [-0.2, -0.15) is 0 Å². The van der Waals surface area contributed by atoms with Crippen molar-refractivity contribution in [1.82, 2.24) is 4.57 Å². The van der Waals surface area contributed by atoms with Gasteiger partial charge in [0, 0.05) is 42.0 Å². The van der Waals surface area contributed by atoms with Crippen molar-refractivity contribution in [2.75, 3.05) is 17.3 Å². The molecule has 38 heavy (non-hydrogen) atoms. The lowest BCUT2D eigenvalue weighted by Gasteiger charge is -2.39. The van der Waals surface area contributed by atoms with Crippen molar-refractivity contribution in [1.29, 1.82) is 0 Å². The number of nitrogens with zero attached hydrogens (tertiary/aromatic N) is 3. The first-order valence-corrected chi connectivity index (χ1v) is 12.6. The zero-order valence-corrected chi connectivity index (χ0v) is 21.6.